The summed E-state index contributed by atoms with van der Waals surface area (Å²) >= 11 is 0. The van der Waals surface area contributed by atoms with Gasteiger partial charge in [0.2, 0.25) is 0 Å². The summed E-state index contributed by atoms with van der Waals surface area (Å²) in [6.45, 7) is 3.24. The number of fused-ring (bicyclic) bond motifs is 1. The van der Waals surface area contributed by atoms with E-state index in [1.807, 2.05) is 0 Å². The molecule has 1 atom stereocenters. The van der Waals surface area contributed by atoms with Crippen LogP contribution in [0, 0.1) is 0 Å². The van der Waals surface area contributed by atoms with Gasteiger partial charge in [0.1, 0.15) is 0 Å². The van der Waals surface area contributed by atoms with Gasteiger partial charge in [0.25, 0.3) is 0 Å². The van der Waals surface area contributed by atoms with Gasteiger partial charge in [0, 0.05) is 19.1 Å². The molecular weight excluding hydrogens is 220 g/mol. The second-order valence-electron chi connectivity index (χ2n) is 5.06. The van der Waals surface area contributed by atoms with Gasteiger partial charge in [-0.2, -0.15) is 0 Å². The van der Waals surface area contributed by atoms with Crippen molar-refractivity contribution >= 4 is 10.8 Å². The molecule has 0 radical (unpaired) electrons. The van der Waals surface area contributed by atoms with Crippen molar-refractivity contribution in [2.75, 3.05) is 13.1 Å². The highest BCUT2D eigenvalue weighted by atomic mass is 15.0. The Bertz CT molecular complexity index is 510. The van der Waals surface area contributed by atoms with Gasteiger partial charge in [-0.05, 0) is 35.7 Å². The molecule has 2 aromatic rings. The van der Waals surface area contributed by atoms with E-state index in [-0.39, 0.29) is 0 Å². The quantitative estimate of drug-likeness (QED) is 0.862. The Morgan fingerprint density at radius 1 is 1.11 bits per heavy atom. The van der Waals surface area contributed by atoms with E-state index in [1.165, 1.54) is 35.7 Å². The van der Waals surface area contributed by atoms with Crippen molar-refractivity contribution in [3.05, 3.63) is 48.0 Å². The summed E-state index contributed by atoms with van der Waals surface area (Å²) in [5.74, 6) is 0. The van der Waals surface area contributed by atoms with Gasteiger partial charge in [-0.25, -0.2) is 0 Å². The second kappa shape index (κ2) is 5.51. The highest BCUT2D eigenvalue weighted by Gasteiger charge is 2.12. The van der Waals surface area contributed by atoms with Gasteiger partial charge in [-0.1, -0.05) is 42.5 Å². The van der Waals surface area contributed by atoms with Gasteiger partial charge in [-0.3, -0.25) is 0 Å². The van der Waals surface area contributed by atoms with Crippen LogP contribution in [0.3, 0.4) is 0 Å². The number of hydrogen-bond donors (Lipinski definition) is 2. The summed E-state index contributed by atoms with van der Waals surface area (Å²) in [5.41, 5.74) is 1.40. The molecule has 1 aliphatic rings. The van der Waals surface area contributed by atoms with E-state index in [4.69, 9.17) is 0 Å². The zero-order valence-electron chi connectivity index (χ0n) is 10.7. The molecule has 94 valence electrons. The van der Waals surface area contributed by atoms with Crippen LogP contribution in [-0.4, -0.2) is 19.1 Å². The van der Waals surface area contributed by atoms with Crippen LogP contribution in [0.1, 0.15) is 18.4 Å². The van der Waals surface area contributed by atoms with Crippen LogP contribution in [-0.2, 0) is 6.54 Å². The lowest BCUT2D eigenvalue weighted by molar-refractivity contribution is 0.389. The molecule has 3 rings (SSSR count). The molecule has 0 saturated carbocycles. The lowest BCUT2D eigenvalue weighted by atomic mass is 10.0. The number of nitrogens with one attached hydrogen (secondary N) is 2. The monoisotopic (exact) mass is 240 g/mol. The molecule has 2 nitrogen and oxygen atoms in total. The van der Waals surface area contributed by atoms with E-state index in [1.54, 1.807) is 0 Å². The Morgan fingerprint density at radius 3 is 2.89 bits per heavy atom. The number of piperidine rings is 1. The SMILES string of the molecule is c1ccc2c(CNC3CCCNC3)cccc2c1. The summed E-state index contributed by atoms with van der Waals surface area (Å²) in [7, 11) is 0. The second-order valence-corrected chi connectivity index (χ2v) is 5.06. The van der Waals surface area contributed by atoms with Crippen LogP contribution in [0.25, 0.3) is 10.8 Å². The first-order valence-corrected chi connectivity index (χ1v) is 6.84. The van der Waals surface area contributed by atoms with E-state index in [9.17, 15) is 0 Å². The Labute approximate surface area is 108 Å². The molecule has 18 heavy (non-hydrogen) atoms. The third-order valence-corrected chi connectivity index (χ3v) is 3.76. The van der Waals surface area contributed by atoms with Crippen molar-refractivity contribution in [3.8, 4) is 0 Å². The van der Waals surface area contributed by atoms with Gasteiger partial charge in [-0.15, -0.1) is 0 Å². The van der Waals surface area contributed by atoms with Gasteiger partial charge in [0.15, 0.2) is 0 Å². The minimum absolute atomic E-state index is 0.623. The van der Waals surface area contributed by atoms with Crippen molar-refractivity contribution in [1.29, 1.82) is 0 Å². The van der Waals surface area contributed by atoms with Gasteiger partial charge in [0.05, 0.1) is 0 Å². The maximum Gasteiger partial charge on any atom is 0.0214 e. The first-order valence-electron chi connectivity index (χ1n) is 6.84. The Hall–Kier alpha value is -1.38. The van der Waals surface area contributed by atoms with E-state index >= 15 is 0 Å². The first-order chi connectivity index (χ1) is 8.93. The van der Waals surface area contributed by atoms with E-state index in [0.29, 0.717) is 6.04 Å². The van der Waals surface area contributed by atoms with Crippen molar-refractivity contribution in [1.82, 2.24) is 10.6 Å². The number of hydrogen-bond acceptors (Lipinski definition) is 2. The topological polar surface area (TPSA) is 24.1 Å². The zero-order chi connectivity index (χ0) is 12.2. The van der Waals surface area contributed by atoms with E-state index in [0.717, 1.165) is 13.1 Å². The normalized spacial score (nSPS) is 20.1. The maximum absolute atomic E-state index is 3.67. The number of rotatable bonds is 3. The maximum atomic E-state index is 3.67. The summed E-state index contributed by atoms with van der Waals surface area (Å²) in [4.78, 5) is 0. The minimum Gasteiger partial charge on any atom is -0.315 e. The predicted molar refractivity (Wildman–Crippen MR) is 76.7 cm³/mol. The largest absolute Gasteiger partial charge is 0.315 e. The van der Waals surface area contributed by atoms with Gasteiger partial charge < -0.3 is 10.6 Å². The lowest BCUT2D eigenvalue weighted by Gasteiger charge is -2.24. The third kappa shape index (κ3) is 2.55. The fourth-order valence-electron chi connectivity index (χ4n) is 2.73. The van der Waals surface area contributed by atoms with Crippen molar-refractivity contribution in [2.45, 2.75) is 25.4 Å². The van der Waals surface area contributed by atoms with E-state index in [2.05, 4.69) is 53.1 Å². The smallest absolute Gasteiger partial charge is 0.0214 e. The standard InChI is InChI=1S/C16H20N2/c1-2-9-16-13(5-1)6-3-7-14(16)11-18-15-8-4-10-17-12-15/h1-3,5-7,9,15,17-18H,4,8,10-12H2. The molecule has 1 fully saturated rings. The molecule has 0 aliphatic carbocycles. The Kier molecular flexibility index (Phi) is 3.58. The molecule has 1 heterocycles. The zero-order valence-corrected chi connectivity index (χ0v) is 10.7. The van der Waals surface area contributed by atoms with Crippen molar-refractivity contribution < 1.29 is 0 Å². The molecular formula is C16H20N2. The molecule has 0 aromatic heterocycles. The molecule has 2 aromatic carbocycles. The van der Waals surface area contributed by atoms with Crippen molar-refractivity contribution in [3.63, 3.8) is 0 Å². The van der Waals surface area contributed by atoms with Crippen LogP contribution in [0.2, 0.25) is 0 Å². The molecule has 1 unspecified atom stereocenters. The fourth-order valence-corrected chi connectivity index (χ4v) is 2.73. The van der Waals surface area contributed by atoms with Crippen LogP contribution in [0.15, 0.2) is 42.5 Å². The molecule has 2 N–H and O–H groups in total. The predicted octanol–water partition coefficient (Wildman–Crippen LogP) is 2.68. The summed E-state index contributed by atoms with van der Waals surface area (Å²) in [6.07, 6.45) is 2.57. The Morgan fingerprint density at radius 2 is 2.00 bits per heavy atom. The molecule has 0 bridgehead atoms. The van der Waals surface area contributed by atoms with Crippen LogP contribution < -0.4 is 10.6 Å². The highest BCUT2D eigenvalue weighted by molar-refractivity contribution is 5.85. The fraction of sp³-hybridized carbons (Fsp3) is 0.375. The first kappa shape index (κ1) is 11.7. The van der Waals surface area contributed by atoms with Gasteiger partial charge >= 0.3 is 0 Å². The molecule has 0 spiro atoms. The molecule has 2 heteroatoms. The number of benzene rings is 2. The molecule has 1 aliphatic heterocycles. The molecule has 1 saturated heterocycles. The van der Waals surface area contributed by atoms with E-state index < -0.39 is 0 Å². The minimum atomic E-state index is 0.623. The average Bonchev–Trinajstić information content (AvgIpc) is 2.46. The van der Waals surface area contributed by atoms with Crippen LogP contribution in [0.5, 0.6) is 0 Å². The third-order valence-electron chi connectivity index (χ3n) is 3.76. The summed E-state index contributed by atoms with van der Waals surface area (Å²) in [5, 5.41) is 9.82. The Balaban J connectivity index is 1.74. The van der Waals surface area contributed by atoms with Crippen LogP contribution in [0.4, 0.5) is 0 Å². The van der Waals surface area contributed by atoms with Crippen LogP contribution >= 0.6 is 0 Å². The molecule has 0 amide bonds. The summed E-state index contributed by atoms with van der Waals surface area (Å²) < 4.78 is 0. The highest BCUT2D eigenvalue weighted by Crippen LogP contribution is 2.18. The lowest BCUT2D eigenvalue weighted by Crippen LogP contribution is -2.42. The summed E-state index contributed by atoms with van der Waals surface area (Å²) in [6, 6.07) is 15.8. The average molecular weight is 240 g/mol. The van der Waals surface area contributed by atoms with Crippen molar-refractivity contribution in [2.24, 2.45) is 0 Å².